The van der Waals surface area contributed by atoms with Crippen LogP contribution in [0, 0.1) is 5.82 Å². The third-order valence-electron chi connectivity index (χ3n) is 4.63. The number of nitrogens with zero attached hydrogens (tertiary/aromatic N) is 4. The Morgan fingerprint density at radius 3 is 2.61 bits per heavy atom. The van der Waals surface area contributed by atoms with Crippen molar-refractivity contribution in [2.24, 2.45) is 0 Å². The second-order valence-corrected chi connectivity index (χ2v) is 9.26. The van der Waals surface area contributed by atoms with E-state index in [0.717, 1.165) is 0 Å². The van der Waals surface area contributed by atoms with Gasteiger partial charge in [-0.05, 0) is 56.6 Å². The molecule has 1 aromatic carbocycles. The summed E-state index contributed by atoms with van der Waals surface area (Å²) in [5, 5.41) is 0.798. The van der Waals surface area contributed by atoms with Crippen molar-refractivity contribution in [3.8, 4) is 0 Å². The van der Waals surface area contributed by atoms with Crippen molar-refractivity contribution in [3.05, 3.63) is 27.7 Å². The van der Waals surface area contributed by atoms with Gasteiger partial charge in [-0.2, -0.15) is 0 Å². The van der Waals surface area contributed by atoms with E-state index in [1.165, 1.54) is 6.33 Å². The zero-order valence-corrected chi connectivity index (χ0v) is 18.8. The molecule has 0 aliphatic carbocycles. The lowest BCUT2D eigenvalue weighted by atomic mass is 10.1. The summed E-state index contributed by atoms with van der Waals surface area (Å²) in [5.74, 6) is 0.0840. The average molecular weight is 474 g/mol. The van der Waals surface area contributed by atoms with E-state index in [1.807, 2.05) is 34.6 Å². The molecule has 0 spiro atoms. The summed E-state index contributed by atoms with van der Waals surface area (Å²) in [6, 6.07) is 1.51. The average Bonchev–Trinajstić information content (AvgIpc) is 2.59. The Hall–Kier alpha value is -1.67. The summed E-state index contributed by atoms with van der Waals surface area (Å²) < 4.78 is 20.3. The number of hydrogen-bond acceptors (Lipinski definition) is 5. The smallest absolute Gasteiger partial charge is 0.410 e. The largest absolute Gasteiger partial charge is 0.444 e. The van der Waals surface area contributed by atoms with Crippen LogP contribution in [0.4, 0.5) is 15.0 Å². The topological polar surface area (TPSA) is 58.6 Å². The van der Waals surface area contributed by atoms with Crippen LogP contribution in [-0.4, -0.2) is 51.7 Å². The van der Waals surface area contributed by atoms with Gasteiger partial charge in [-0.3, -0.25) is 0 Å². The normalized spacial score (nSPS) is 20.6. The molecule has 0 N–H and O–H groups in total. The molecular formula is C19H23BrClFN4O2. The Morgan fingerprint density at radius 1 is 1.29 bits per heavy atom. The van der Waals surface area contributed by atoms with Crippen LogP contribution in [0.15, 0.2) is 16.9 Å². The molecule has 3 rings (SSSR count). The van der Waals surface area contributed by atoms with E-state index in [-0.39, 0.29) is 33.2 Å². The highest BCUT2D eigenvalue weighted by Gasteiger charge is 2.35. The van der Waals surface area contributed by atoms with Crippen LogP contribution >= 0.6 is 27.5 Å². The molecular weight excluding hydrogens is 451 g/mol. The first-order valence-corrected chi connectivity index (χ1v) is 10.2. The number of carbonyl (C=O) groups is 1. The standard InChI is InChI=1S/C19H23BrClFN4O2/c1-10-8-26(18(27)28-19(3,4)5)11(2)7-25(10)17-12-6-13(21)14(20)15(22)16(12)23-9-24-17/h6,9-11H,7-8H2,1-5H3/t10-,11+/m0/s1. The van der Waals surface area contributed by atoms with Crippen LogP contribution in [0.2, 0.25) is 5.02 Å². The first-order valence-electron chi connectivity index (χ1n) is 9.04. The minimum Gasteiger partial charge on any atom is -0.444 e. The molecule has 1 saturated heterocycles. The van der Waals surface area contributed by atoms with Gasteiger partial charge in [-0.25, -0.2) is 19.2 Å². The third kappa shape index (κ3) is 4.03. The molecule has 1 amide bonds. The molecule has 28 heavy (non-hydrogen) atoms. The first-order chi connectivity index (χ1) is 13.0. The summed E-state index contributed by atoms with van der Waals surface area (Å²) in [6.45, 7) is 10.5. The molecule has 0 bridgehead atoms. The van der Waals surface area contributed by atoms with Crippen molar-refractivity contribution in [1.82, 2.24) is 14.9 Å². The maximum absolute atomic E-state index is 14.6. The predicted octanol–water partition coefficient (Wildman–Crippen LogP) is 5.02. The van der Waals surface area contributed by atoms with E-state index < -0.39 is 11.4 Å². The summed E-state index contributed by atoms with van der Waals surface area (Å²) >= 11 is 9.32. The van der Waals surface area contributed by atoms with E-state index >= 15 is 0 Å². The molecule has 1 aliphatic rings. The van der Waals surface area contributed by atoms with Gasteiger partial charge in [0.1, 0.15) is 23.3 Å². The van der Waals surface area contributed by atoms with E-state index in [1.54, 1.807) is 11.0 Å². The van der Waals surface area contributed by atoms with Crippen molar-refractivity contribution in [2.45, 2.75) is 52.3 Å². The van der Waals surface area contributed by atoms with E-state index in [2.05, 4.69) is 30.8 Å². The van der Waals surface area contributed by atoms with Crippen molar-refractivity contribution in [1.29, 1.82) is 0 Å². The molecule has 9 heteroatoms. The van der Waals surface area contributed by atoms with Gasteiger partial charge in [0.25, 0.3) is 0 Å². The van der Waals surface area contributed by atoms with Crippen molar-refractivity contribution < 1.29 is 13.9 Å². The fourth-order valence-electron chi connectivity index (χ4n) is 3.32. The van der Waals surface area contributed by atoms with Crippen LogP contribution in [0.25, 0.3) is 10.9 Å². The summed E-state index contributed by atoms with van der Waals surface area (Å²) in [6.07, 6.45) is 1.01. The highest BCUT2D eigenvalue weighted by atomic mass is 79.9. The molecule has 2 heterocycles. The lowest BCUT2D eigenvalue weighted by molar-refractivity contribution is 0.0130. The first kappa shape index (κ1) is 21.0. The molecule has 0 radical (unpaired) electrons. The van der Waals surface area contributed by atoms with Gasteiger partial charge >= 0.3 is 6.09 Å². The van der Waals surface area contributed by atoms with E-state index in [4.69, 9.17) is 16.3 Å². The van der Waals surface area contributed by atoms with Crippen molar-refractivity contribution in [2.75, 3.05) is 18.0 Å². The number of benzene rings is 1. The number of anilines is 1. The Labute approximate surface area is 177 Å². The van der Waals surface area contributed by atoms with Gasteiger partial charge < -0.3 is 14.5 Å². The molecule has 0 unspecified atom stereocenters. The maximum Gasteiger partial charge on any atom is 0.410 e. The van der Waals surface area contributed by atoms with E-state index in [0.29, 0.717) is 24.3 Å². The van der Waals surface area contributed by atoms with Gasteiger partial charge in [0, 0.05) is 30.6 Å². The van der Waals surface area contributed by atoms with Crippen molar-refractivity contribution in [3.63, 3.8) is 0 Å². The number of rotatable bonds is 1. The predicted molar refractivity (Wildman–Crippen MR) is 111 cm³/mol. The molecule has 152 valence electrons. The van der Waals surface area contributed by atoms with Crippen LogP contribution in [0.3, 0.4) is 0 Å². The van der Waals surface area contributed by atoms with Gasteiger partial charge in [0.2, 0.25) is 0 Å². The second kappa shape index (κ2) is 7.63. The highest BCUT2D eigenvalue weighted by molar-refractivity contribution is 9.10. The van der Waals surface area contributed by atoms with Crippen LogP contribution in [0.5, 0.6) is 0 Å². The molecule has 2 aromatic rings. The lowest BCUT2D eigenvalue weighted by Crippen LogP contribution is -2.59. The van der Waals surface area contributed by atoms with Crippen LogP contribution in [-0.2, 0) is 4.74 Å². The highest BCUT2D eigenvalue weighted by Crippen LogP contribution is 2.36. The molecule has 1 aromatic heterocycles. The number of fused-ring (bicyclic) bond motifs is 1. The Morgan fingerprint density at radius 2 is 1.96 bits per heavy atom. The molecule has 2 atom stereocenters. The quantitative estimate of drug-likeness (QED) is 0.544. The Kier molecular flexibility index (Phi) is 5.74. The van der Waals surface area contributed by atoms with Gasteiger partial charge in [0.15, 0.2) is 5.82 Å². The van der Waals surface area contributed by atoms with Gasteiger partial charge in [-0.1, -0.05) is 11.6 Å². The number of hydrogen-bond donors (Lipinski definition) is 0. The number of carbonyl (C=O) groups excluding carboxylic acids is 1. The minimum atomic E-state index is -0.554. The number of amides is 1. The number of ether oxygens (including phenoxy) is 1. The van der Waals surface area contributed by atoms with Crippen LogP contribution in [0.1, 0.15) is 34.6 Å². The molecule has 0 saturated carbocycles. The zero-order valence-electron chi connectivity index (χ0n) is 16.5. The summed E-state index contributed by atoms with van der Waals surface area (Å²) in [5.41, 5.74) is -0.350. The monoisotopic (exact) mass is 472 g/mol. The summed E-state index contributed by atoms with van der Waals surface area (Å²) in [7, 11) is 0. The number of piperazine rings is 1. The molecule has 1 aliphatic heterocycles. The lowest BCUT2D eigenvalue weighted by Gasteiger charge is -2.44. The van der Waals surface area contributed by atoms with Gasteiger partial charge in [0.05, 0.1) is 9.50 Å². The fraction of sp³-hybridized carbons (Fsp3) is 0.526. The Bertz CT molecular complexity index is 921. The van der Waals surface area contributed by atoms with Gasteiger partial charge in [-0.15, -0.1) is 0 Å². The third-order valence-corrected chi connectivity index (χ3v) is 5.93. The Balaban J connectivity index is 1.93. The van der Waals surface area contributed by atoms with E-state index in [9.17, 15) is 9.18 Å². The molecule has 6 nitrogen and oxygen atoms in total. The number of halogens is 3. The second-order valence-electron chi connectivity index (χ2n) is 8.06. The van der Waals surface area contributed by atoms with Crippen molar-refractivity contribution >= 4 is 50.3 Å². The molecule has 1 fully saturated rings. The minimum absolute atomic E-state index is 0.0488. The maximum atomic E-state index is 14.6. The zero-order chi connectivity index (χ0) is 20.8. The number of aromatic nitrogens is 2. The summed E-state index contributed by atoms with van der Waals surface area (Å²) in [4.78, 5) is 24.8. The fourth-order valence-corrected chi connectivity index (χ4v) is 3.81. The van der Waals surface area contributed by atoms with Crippen LogP contribution < -0.4 is 4.90 Å². The SMILES string of the molecule is C[C@@H]1CN(c2ncnc3c(F)c(Br)c(Cl)cc23)[C@@H](C)CN1C(=O)OC(C)(C)C.